The summed E-state index contributed by atoms with van der Waals surface area (Å²) in [6, 6.07) is 9.94. The number of H-pyrrole nitrogens is 1. The van der Waals surface area contributed by atoms with Crippen LogP contribution in [-0.4, -0.2) is 55.9 Å². The van der Waals surface area contributed by atoms with Gasteiger partial charge in [-0.05, 0) is 29.3 Å². The molecule has 10 heteroatoms. The number of quaternary nitrogens is 1. The van der Waals surface area contributed by atoms with E-state index in [0.29, 0.717) is 22.0 Å². The third-order valence-corrected chi connectivity index (χ3v) is 5.66. The molecule has 1 saturated heterocycles. The van der Waals surface area contributed by atoms with Gasteiger partial charge in [0.1, 0.15) is 11.8 Å². The second-order valence-corrected chi connectivity index (χ2v) is 7.64. The summed E-state index contributed by atoms with van der Waals surface area (Å²) in [7, 11) is 1.34. The number of nitrogens with zero attached hydrogens (tertiary/aromatic N) is 1. The molecule has 0 bridgehead atoms. The fraction of sp³-hybridized carbons (Fsp3) is 0.238. The zero-order valence-electron chi connectivity index (χ0n) is 16.6. The molecule has 0 aliphatic carbocycles. The molecule has 0 saturated carbocycles. The van der Waals surface area contributed by atoms with E-state index < -0.39 is 28.8 Å². The lowest BCUT2D eigenvalue weighted by atomic mass is 9.94. The van der Waals surface area contributed by atoms with E-state index in [0.717, 1.165) is 4.90 Å². The van der Waals surface area contributed by atoms with Crippen molar-refractivity contribution in [1.29, 1.82) is 0 Å². The molecule has 6 N–H and O–H groups in total. The van der Waals surface area contributed by atoms with E-state index in [1.807, 2.05) is 0 Å². The largest absolute Gasteiger partial charge is 0.595 e. The number of aliphatic hydroxyl groups is 1. The number of phenols is 1. The lowest BCUT2D eigenvalue weighted by Crippen LogP contribution is -2.99. The van der Waals surface area contributed by atoms with E-state index in [9.17, 15) is 30.2 Å². The molecule has 31 heavy (non-hydrogen) atoms. The topological polar surface area (TPSA) is 153 Å². The van der Waals surface area contributed by atoms with Crippen LogP contribution in [0, 0.1) is 5.21 Å². The minimum absolute atomic E-state index is 0.0160. The molecule has 0 radical (unpaired) electrons. The standard InChI is InChI=1S/C21H22N4O6/c1-24-19(27)16(9-13-11-22-15-6-3-7-17(18(13)15)25(30)31)23-20(28)21(24,29)10-12-4-2-5-14(26)8-12/h2-8,11,16,22,25-26,29-30H,9-10H2,1H3,(H,23,28). The summed E-state index contributed by atoms with van der Waals surface area (Å²) in [5, 5.41) is 43.7. The summed E-state index contributed by atoms with van der Waals surface area (Å²) in [4.78, 5) is 29.8. The highest BCUT2D eigenvalue weighted by Crippen LogP contribution is 2.28. The van der Waals surface area contributed by atoms with Crippen LogP contribution in [0.5, 0.6) is 5.75 Å². The van der Waals surface area contributed by atoms with Gasteiger partial charge in [-0.25, -0.2) is 5.21 Å². The molecule has 2 amide bonds. The first-order valence-corrected chi connectivity index (χ1v) is 9.62. The zero-order chi connectivity index (χ0) is 22.3. The second-order valence-electron chi connectivity index (χ2n) is 7.64. The Kier molecular flexibility index (Phi) is 5.15. The number of nitrogens with one attached hydrogen (secondary N) is 3. The number of rotatable bonds is 5. The lowest BCUT2D eigenvalue weighted by Gasteiger charge is -2.42. The molecule has 3 aromatic rings. The summed E-state index contributed by atoms with van der Waals surface area (Å²) in [6.45, 7) is 0. The van der Waals surface area contributed by atoms with Crippen LogP contribution in [0.2, 0.25) is 0 Å². The molecule has 2 heterocycles. The zero-order valence-corrected chi connectivity index (χ0v) is 16.6. The highest BCUT2D eigenvalue weighted by molar-refractivity contribution is 5.99. The van der Waals surface area contributed by atoms with E-state index in [1.165, 1.54) is 25.2 Å². The molecule has 1 aliphatic rings. The number of piperazine rings is 1. The molecule has 0 spiro atoms. The first-order chi connectivity index (χ1) is 14.7. The Hall–Kier alpha value is -3.44. The van der Waals surface area contributed by atoms with E-state index >= 15 is 0 Å². The number of phenolic OH excluding ortho intramolecular Hbond substituents is 1. The SMILES string of the molecule is CN1C(=O)C(Cc2c[nH]c3cccc([NH+]([O-])O)c23)NC(=O)C1(O)Cc1cccc(O)c1. The van der Waals surface area contributed by atoms with Gasteiger partial charge in [0.25, 0.3) is 5.91 Å². The predicted molar refractivity (Wildman–Crippen MR) is 109 cm³/mol. The molecule has 1 aromatic heterocycles. The Labute approximate surface area is 176 Å². The average Bonchev–Trinajstić information content (AvgIpc) is 3.13. The van der Waals surface area contributed by atoms with Gasteiger partial charge in [0, 0.05) is 32.2 Å². The van der Waals surface area contributed by atoms with Crippen molar-refractivity contribution in [2.45, 2.75) is 24.6 Å². The van der Waals surface area contributed by atoms with Gasteiger partial charge in [0.05, 0.1) is 10.9 Å². The number of hydrogen-bond acceptors (Lipinski definition) is 6. The fourth-order valence-corrected chi connectivity index (χ4v) is 4.01. The monoisotopic (exact) mass is 426 g/mol. The quantitative estimate of drug-likeness (QED) is 0.308. The van der Waals surface area contributed by atoms with Gasteiger partial charge in [-0.2, -0.15) is 5.23 Å². The molecule has 162 valence electrons. The number of fused-ring (bicyclic) bond motifs is 1. The average molecular weight is 426 g/mol. The number of aromatic amines is 1. The molecule has 1 fully saturated rings. The van der Waals surface area contributed by atoms with E-state index in [2.05, 4.69) is 10.3 Å². The highest BCUT2D eigenvalue weighted by atomic mass is 16.8. The number of carbonyl (C=O) groups is 2. The molecule has 4 rings (SSSR count). The number of benzene rings is 2. The molecule has 1 aliphatic heterocycles. The molecule has 3 atom stereocenters. The van der Waals surface area contributed by atoms with Gasteiger partial charge >= 0.3 is 0 Å². The first-order valence-electron chi connectivity index (χ1n) is 9.62. The van der Waals surface area contributed by atoms with Gasteiger partial charge in [-0.15, -0.1) is 0 Å². The fourth-order valence-electron chi connectivity index (χ4n) is 4.01. The van der Waals surface area contributed by atoms with Gasteiger partial charge in [0.15, 0.2) is 5.69 Å². The van der Waals surface area contributed by atoms with Crippen molar-refractivity contribution in [1.82, 2.24) is 15.2 Å². The van der Waals surface area contributed by atoms with Crippen molar-refractivity contribution in [3.8, 4) is 5.75 Å². The maximum Gasteiger partial charge on any atom is 0.274 e. The molecule has 2 aromatic carbocycles. The molecule has 3 unspecified atom stereocenters. The minimum atomic E-state index is -2.12. The van der Waals surface area contributed by atoms with Crippen LogP contribution in [0.1, 0.15) is 11.1 Å². The number of hydrogen-bond donors (Lipinski definition) is 6. The third-order valence-electron chi connectivity index (χ3n) is 5.66. The first kappa shape index (κ1) is 20.8. The maximum absolute atomic E-state index is 13.0. The van der Waals surface area contributed by atoms with Crippen molar-refractivity contribution in [2.75, 3.05) is 7.05 Å². The lowest BCUT2D eigenvalue weighted by molar-refractivity contribution is -0.990. The maximum atomic E-state index is 13.0. The molecular weight excluding hydrogens is 404 g/mol. The number of aromatic hydroxyl groups is 1. The van der Waals surface area contributed by atoms with Crippen LogP contribution in [0.3, 0.4) is 0 Å². The summed E-state index contributed by atoms with van der Waals surface area (Å²) < 4.78 is 0. The van der Waals surface area contributed by atoms with Crippen LogP contribution in [0.15, 0.2) is 48.7 Å². The van der Waals surface area contributed by atoms with E-state index in [1.54, 1.807) is 30.5 Å². The summed E-state index contributed by atoms with van der Waals surface area (Å²) in [6.07, 6.45) is 1.48. The number of amides is 2. The smallest absolute Gasteiger partial charge is 0.274 e. The molecule has 10 nitrogen and oxygen atoms in total. The van der Waals surface area contributed by atoms with Crippen LogP contribution in [0.25, 0.3) is 10.9 Å². The molecular formula is C21H22N4O6. The normalized spacial score (nSPS) is 22.6. The van der Waals surface area contributed by atoms with Gasteiger partial charge in [-0.1, -0.05) is 18.2 Å². The van der Waals surface area contributed by atoms with E-state index in [-0.39, 0.29) is 24.3 Å². The van der Waals surface area contributed by atoms with E-state index in [4.69, 9.17) is 0 Å². The van der Waals surface area contributed by atoms with Crippen LogP contribution in [0.4, 0.5) is 5.69 Å². The van der Waals surface area contributed by atoms with Gasteiger partial charge in [0.2, 0.25) is 11.6 Å². The highest BCUT2D eigenvalue weighted by Gasteiger charge is 2.50. The van der Waals surface area contributed by atoms with Crippen molar-refractivity contribution in [2.24, 2.45) is 0 Å². The second kappa shape index (κ2) is 7.67. The summed E-state index contributed by atoms with van der Waals surface area (Å²) >= 11 is 0. The Morgan fingerprint density at radius 1 is 1.23 bits per heavy atom. The summed E-state index contributed by atoms with van der Waals surface area (Å²) in [5.74, 6) is -1.27. The number of aromatic nitrogens is 1. The Morgan fingerprint density at radius 3 is 2.68 bits per heavy atom. The summed E-state index contributed by atoms with van der Waals surface area (Å²) in [5.41, 5.74) is -0.361. The number of likely N-dealkylation sites (N-methyl/N-ethyl adjacent to an activating group) is 1. The predicted octanol–water partition coefficient (Wildman–Crippen LogP) is -0.292. The van der Waals surface area contributed by atoms with Crippen LogP contribution >= 0.6 is 0 Å². The minimum Gasteiger partial charge on any atom is -0.595 e. The van der Waals surface area contributed by atoms with Crippen molar-refractivity contribution in [3.63, 3.8) is 0 Å². The third kappa shape index (κ3) is 3.62. The number of carbonyl (C=O) groups excluding carboxylic acids is 2. The Balaban J connectivity index is 1.60. The van der Waals surface area contributed by atoms with Crippen LogP contribution in [-0.2, 0) is 22.4 Å². The van der Waals surface area contributed by atoms with Crippen molar-refractivity contribution < 1.29 is 30.2 Å². The van der Waals surface area contributed by atoms with Crippen molar-refractivity contribution >= 4 is 28.4 Å². The van der Waals surface area contributed by atoms with Gasteiger partial charge < -0.3 is 30.6 Å². The Morgan fingerprint density at radius 2 is 1.97 bits per heavy atom. The Bertz CT molecular complexity index is 1160. The van der Waals surface area contributed by atoms with Gasteiger partial charge in [-0.3, -0.25) is 9.59 Å². The van der Waals surface area contributed by atoms with Crippen molar-refractivity contribution in [3.05, 3.63) is 65.0 Å². The van der Waals surface area contributed by atoms with Crippen LogP contribution < -0.4 is 10.5 Å².